The molecule has 0 radical (unpaired) electrons. The van der Waals surface area contributed by atoms with Gasteiger partial charge in [0, 0.05) is 54.4 Å². The number of anilines is 1. The molecule has 3 aromatic rings. The molecule has 180 valence electrons. The van der Waals surface area contributed by atoms with E-state index in [1.165, 1.54) is 6.07 Å². The van der Waals surface area contributed by atoms with E-state index in [-0.39, 0.29) is 41.3 Å². The highest BCUT2D eigenvalue weighted by Crippen LogP contribution is 2.49. The lowest BCUT2D eigenvalue weighted by molar-refractivity contribution is -0.119. The Bertz CT molecular complexity index is 1380. The van der Waals surface area contributed by atoms with E-state index in [0.29, 0.717) is 12.1 Å². The first-order valence-corrected chi connectivity index (χ1v) is 11.4. The zero-order valence-corrected chi connectivity index (χ0v) is 19.3. The molecule has 2 aliphatic heterocycles. The van der Waals surface area contributed by atoms with Crippen LogP contribution in [0.1, 0.15) is 48.0 Å². The molecular formula is C26H24F2N4O3. The standard InChI is InChI=1S/C26H24F2N4O3/c1-26(2,12-30-25(34)22-10-17-19(28)8-15(27)9-21(17)35-22)24-16-5-6-32(13-33)23(16)18-7-14(11-29)3-4-20(18)31-24/h3-4,7-10,13,16,23-24,31H,5-6,12H2,1-2H3,(H,30,34). The van der Waals surface area contributed by atoms with Gasteiger partial charge >= 0.3 is 0 Å². The SMILES string of the molecule is CC(C)(CNC(=O)c1cc2c(F)cc(F)cc2o1)C1Nc2ccc(C#N)cc2C2C1CCN2C=O. The molecule has 2 amide bonds. The van der Waals surface area contributed by atoms with Crippen molar-refractivity contribution in [2.45, 2.75) is 32.4 Å². The maximum Gasteiger partial charge on any atom is 0.287 e. The van der Waals surface area contributed by atoms with Crippen molar-refractivity contribution in [3.05, 3.63) is 64.9 Å². The largest absolute Gasteiger partial charge is 0.451 e. The number of hydrogen-bond donors (Lipinski definition) is 2. The highest BCUT2D eigenvalue weighted by atomic mass is 19.1. The number of likely N-dealkylation sites (tertiary alicyclic amines) is 1. The number of carbonyl (C=O) groups excluding carboxylic acids is 2. The third-order valence-electron chi connectivity index (χ3n) is 7.18. The first-order chi connectivity index (χ1) is 16.7. The number of furan rings is 1. The van der Waals surface area contributed by atoms with E-state index >= 15 is 0 Å². The van der Waals surface area contributed by atoms with Gasteiger partial charge in [0.15, 0.2) is 5.76 Å². The molecule has 2 N–H and O–H groups in total. The van der Waals surface area contributed by atoms with E-state index in [2.05, 4.69) is 16.7 Å². The highest BCUT2D eigenvalue weighted by Gasteiger charge is 2.48. The molecule has 0 spiro atoms. The lowest BCUT2D eigenvalue weighted by Crippen LogP contribution is -2.52. The first-order valence-electron chi connectivity index (χ1n) is 11.4. The Morgan fingerprint density at radius 1 is 1.31 bits per heavy atom. The molecule has 5 rings (SSSR count). The number of fused-ring (bicyclic) bond motifs is 4. The minimum atomic E-state index is -0.792. The second-order valence-corrected chi connectivity index (χ2v) is 9.86. The van der Waals surface area contributed by atoms with Crippen LogP contribution in [-0.4, -0.2) is 36.3 Å². The summed E-state index contributed by atoms with van der Waals surface area (Å²) < 4.78 is 32.9. The molecular weight excluding hydrogens is 454 g/mol. The van der Waals surface area contributed by atoms with E-state index in [1.807, 2.05) is 26.0 Å². The molecule has 3 unspecified atom stereocenters. The molecule has 2 aliphatic rings. The first kappa shape index (κ1) is 22.8. The van der Waals surface area contributed by atoms with Crippen LogP contribution in [0.4, 0.5) is 14.5 Å². The van der Waals surface area contributed by atoms with Crippen molar-refractivity contribution >= 4 is 29.0 Å². The van der Waals surface area contributed by atoms with E-state index in [4.69, 9.17) is 4.42 Å². The number of nitriles is 1. The monoisotopic (exact) mass is 478 g/mol. The predicted octanol–water partition coefficient (Wildman–Crippen LogP) is 4.35. The molecule has 2 aromatic carbocycles. The lowest BCUT2D eigenvalue weighted by atomic mass is 9.70. The zero-order valence-electron chi connectivity index (χ0n) is 19.3. The summed E-state index contributed by atoms with van der Waals surface area (Å²) in [5.41, 5.74) is 1.84. The summed E-state index contributed by atoms with van der Waals surface area (Å²) in [6, 6.07) is 10.4. The number of nitrogens with zero attached hydrogens (tertiary/aromatic N) is 2. The number of amides is 2. The quantitative estimate of drug-likeness (QED) is 0.532. The smallest absolute Gasteiger partial charge is 0.287 e. The number of halogens is 2. The number of carbonyl (C=O) groups is 2. The molecule has 9 heteroatoms. The number of hydrogen-bond acceptors (Lipinski definition) is 5. The molecule has 1 fully saturated rings. The van der Waals surface area contributed by atoms with Gasteiger partial charge in [0.25, 0.3) is 5.91 Å². The predicted molar refractivity (Wildman–Crippen MR) is 124 cm³/mol. The van der Waals surface area contributed by atoms with Gasteiger partial charge in [0.2, 0.25) is 6.41 Å². The maximum atomic E-state index is 14.0. The molecule has 1 aromatic heterocycles. The molecule has 0 aliphatic carbocycles. The Kier molecular flexibility index (Phi) is 5.47. The topological polar surface area (TPSA) is 98.4 Å². The van der Waals surface area contributed by atoms with E-state index < -0.39 is 23.0 Å². The number of rotatable bonds is 5. The number of nitrogens with one attached hydrogen (secondary N) is 2. The fourth-order valence-corrected chi connectivity index (χ4v) is 5.46. The molecule has 0 saturated carbocycles. The summed E-state index contributed by atoms with van der Waals surface area (Å²) in [5.74, 6) is -2.12. The third-order valence-corrected chi connectivity index (χ3v) is 7.18. The fraction of sp³-hybridized carbons (Fsp3) is 0.346. The maximum absolute atomic E-state index is 14.0. The minimum absolute atomic E-state index is 0.0306. The summed E-state index contributed by atoms with van der Waals surface area (Å²) in [6.07, 6.45) is 1.64. The summed E-state index contributed by atoms with van der Waals surface area (Å²) >= 11 is 0. The second-order valence-electron chi connectivity index (χ2n) is 9.86. The van der Waals surface area contributed by atoms with Gasteiger partial charge in [-0.3, -0.25) is 9.59 Å². The van der Waals surface area contributed by atoms with Crippen LogP contribution in [0, 0.1) is 34.3 Å². The minimum Gasteiger partial charge on any atom is -0.451 e. The van der Waals surface area contributed by atoms with E-state index in [1.54, 1.807) is 11.0 Å². The highest BCUT2D eigenvalue weighted by molar-refractivity contribution is 5.96. The van der Waals surface area contributed by atoms with Gasteiger partial charge in [0.1, 0.15) is 17.2 Å². The van der Waals surface area contributed by atoms with E-state index in [9.17, 15) is 23.6 Å². The van der Waals surface area contributed by atoms with Gasteiger partial charge < -0.3 is 20.0 Å². The molecule has 3 heterocycles. The number of benzene rings is 2. The van der Waals surface area contributed by atoms with Gasteiger partial charge in [-0.25, -0.2) is 8.78 Å². The van der Waals surface area contributed by atoms with Crippen molar-refractivity contribution < 1.29 is 22.8 Å². The van der Waals surface area contributed by atoms with Gasteiger partial charge in [-0.1, -0.05) is 13.8 Å². The normalized spacial score (nSPS) is 21.1. The molecule has 35 heavy (non-hydrogen) atoms. The second kappa shape index (κ2) is 8.38. The van der Waals surface area contributed by atoms with Crippen LogP contribution in [0.2, 0.25) is 0 Å². The fourth-order valence-electron chi connectivity index (χ4n) is 5.46. The Labute approximate surface area is 200 Å². The van der Waals surface area contributed by atoms with Crippen LogP contribution in [0.15, 0.2) is 40.8 Å². The summed E-state index contributed by atoms with van der Waals surface area (Å²) in [4.78, 5) is 26.4. The molecule has 1 saturated heterocycles. The van der Waals surface area contributed by atoms with Gasteiger partial charge in [-0.05, 0) is 30.2 Å². The summed E-state index contributed by atoms with van der Waals surface area (Å²) in [6.45, 7) is 4.92. The van der Waals surface area contributed by atoms with Crippen molar-refractivity contribution in [2.24, 2.45) is 11.3 Å². The van der Waals surface area contributed by atoms with Crippen LogP contribution >= 0.6 is 0 Å². The average molecular weight is 478 g/mol. The Hall–Kier alpha value is -3.93. The van der Waals surface area contributed by atoms with E-state index in [0.717, 1.165) is 36.2 Å². The van der Waals surface area contributed by atoms with Crippen molar-refractivity contribution in [3.8, 4) is 6.07 Å². The summed E-state index contributed by atoms with van der Waals surface area (Å²) in [5, 5.41) is 15.8. The Morgan fingerprint density at radius 2 is 2.11 bits per heavy atom. The van der Waals surface area contributed by atoms with Crippen LogP contribution in [0.25, 0.3) is 11.0 Å². The lowest BCUT2D eigenvalue weighted by Gasteiger charge is -2.46. The van der Waals surface area contributed by atoms with Crippen molar-refractivity contribution in [1.29, 1.82) is 5.26 Å². The Balaban J connectivity index is 1.38. The van der Waals surface area contributed by atoms with Crippen LogP contribution in [0.5, 0.6) is 0 Å². The molecule has 3 atom stereocenters. The van der Waals surface area contributed by atoms with Crippen molar-refractivity contribution in [2.75, 3.05) is 18.4 Å². The van der Waals surface area contributed by atoms with Gasteiger partial charge in [-0.2, -0.15) is 5.26 Å². The summed E-state index contributed by atoms with van der Waals surface area (Å²) in [7, 11) is 0. The van der Waals surface area contributed by atoms with Crippen LogP contribution in [0.3, 0.4) is 0 Å². The Morgan fingerprint density at radius 3 is 2.86 bits per heavy atom. The van der Waals surface area contributed by atoms with Gasteiger partial charge in [-0.15, -0.1) is 0 Å². The van der Waals surface area contributed by atoms with Crippen LogP contribution in [-0.2, 0) is 4.79 Å². The van der Waals surface area contributed by atoms with Gasteiger partial charge in [0.05, 0.1) is 23.1 Å². The molecule has 7 nitrogen and oxygen atoms in total. The van der Waals surface area contributed by atoms with Crippen molar-refractivity contribution in [1.82, 2.24) is 10.2 Å². The zero-order chi connectivity index (χ0) is 24.9. The molecule has 0 bridgehead atoms. The van der Waals surface area contributed by atoms with Crippen molar-refractivity contribution in [3.63, 3.8) is 0 Å². The van der Waals surface area contributed by atoms with Crippen LogP contribution < -0.4 is 10.6 Å². The average Bonchev–Trinajstić information content (AvgIpc) is 3.46. The third kappa shape index (κ3) is 3.89.